The van der Waals surface area contributed by atoms with E-state index < -0.39 is 12.0 Å². The Bertz CT molecular complexity index is 849. The molecule has 2 aromatic rings. The predicted octanol–water partition coefficient (Wildman–Crippen LogP) is 2.16. The molecule has 1 aliphatic rings. The second-order valence-electron chi connectivity index (χ2n) is 6.32. The molecule has 0 radical (unpaired) electrons. The third-order valence-corrected chi connectivity index (χ3v) is 4.47. The molecule has 0 atom stereocenters. The van der Waals surface area contributed by atoms with Crippen molar-refractivity contribution in [3.05, 3.63) is 65.2 Å². The van der Waals surface area contributed by atoms with Crippen LogP contribution in [0.25, 0.3) is 0 Å². The normalized spacial score (nSPS) is 12.8. The van der Waals surface area contributed by atoms with Crippen LogP contribution in [0.2, 0.25) is 0 Å². The highest BCUT2D eigenvalue weighted by atomic mass is 16.4. The maximum Gasteiger partial charge on any atom is 0.335 e. The molecule has 0 fully saturated rings. The Morgan fingerprint density at radius 3 is 2.48 bits per heavy atom. The molecule has 7 heteroatoms. The molecule has 1 heterocycles. The van der Waals surface area contributed by atoms with Gasteiger partial charge in [0, 0.05) is 18.8 Å². The number of rotatable bonds is 5. The van der Waals surface area contributed by atoms with Crippen LogP contribution in [0.3, 0.4) is 0 Å². The number of nitrogens with zero attached hydrogens (tertiary/aromatic N) is 1. The maximum absolute atomic E-state index is 12.5. The van der Waals surface area contributed by atoms with E-state index in [1.54, 1.807) is 17.0 Å². The third kappa shape index (κ3) is 4.63. The van der Waals surface area contributed by atoms with Crippen molar-refractivity contribution in [2.45, 2.75) is 19.4 Å². The van der Waals surface area contributed by atoms with E-state index >= 15 is 0 Å². The number of hydrogen-bond donors (Lipinski definition) is 3. The smallest absolute Gasteiger partial charge is 0.335 e. The van der Waals surface area contributed by atoms with Crippen LogP contribution in [0.1, 0.15) is 27.9 Å². The van der Waals surface area contributed by atoms with Gasteiger partial charge in [-0.2, -0.15) is 0 Å². The number of para-hydroxylation sites is 1. The molecule has 0 aromatic heterocycles. The monoisotopic (exact) mass is 367 g/mol. The summed E-state index contributed by atoms with van der Waals surface area (Å²) in [5, 5.41) is 14.1. The Kier molecular flexibility index (Phi) is 5.71. The van der Waals surface area contributed by atoms with E-state index in [1.807, 2.05) is 24.3 Å². The lowest BCUT2D eigenvalue weighted by Crippen LogP contribution is -2.45. The van der Waals surface area contributed by atoms with Crippen LogP contribution in [0.15, 0.2) is 48.5 Å². The summed E-state index contributed by atoms with van der Waals surface area (Å²) in [4.78, 5) is 36.9. The van der Waals surface area contributed by atoms with Gasteiger partial charge in [0.05, 0.1) is 12.1 Å². The lowest BCUT2D eigenvalue weighted by atomic mass is 10.0. The molecular formula is C20H21N3O4. The minimum atomic E-state index is -0.995. The molecule has 3 N–H and O–H groups in total. The molecule has 0 unspecified atom stereocenters. The quantitative estimate of drug-likeness (QED) is 0.754. The number of carboxylic acid groups (broad SMARTS) is 1. The minimum absolute atomic E-state index is 0.0852. The first kappa shape index (κ1) is 18.4. The van der Waals surface area contributed by atoms with Crippen LogP contribution in [0, 0.1) is 0 Å². The average Bonchev–Trinajstić information content (AvgIpc) is 2.70. The minimum Gasteiger partial charge on any atom is -0.478 e. The Morgan fingerprint density at radius 2 is 1.74 bits per heavy atom. The number of aromatic carboxylic acids is 1. The van der Waals surface area contributed by atoms with E-state index in [0.29, 0.717) is 6.54 Å². The topological polar surface area (TPSA) is 98.7 Å². The second-order valence-corrected chi connectivity index (χ2v) is 6.32. The fraction of sp³-hybridized carbons (Fsp3) is 0.250. The summed E-state index contributed by atoms with van der Waals surface area (Å²) in [7, 11) is 0. The Labute approximate surface area is 157 Å². The van der Waals surface area contributed by atoms with Crippen molar-refractivity contribution >= 4 is 23.6 Å². The van der Waals surface area contributed by atoms with E-state index in [1.165, 1.54) is 12.1 Å². The van der Waals surface area contributed by atoms with Gasteiger partial charge in [0.2, 0.25) is 5.91 Å². The standard InChI is InChI=1S/C20H21N3O4/c24-18(23-11-3-5-15-4-1-2-6-17(15)23)13-22-20(27)21-12-14-7-9-16(10-8-14)19(25)26/h1-2,4,6-10H,3,5,11-13H2,(H,25,26)(H2,21,22,27). The molecule has 0 bridgehead atoms. The highest BCUT2D eigenvalue weighted by Crippen LogP contribution is 2.26. The van der Waals surface area contributed by atoms with Crippen LogP contribution in [0.5, 0.6) is 0 Å². The molecule has 0 saturated heterocycles. The molecule has 2 aromatic carbocycles. The predicted molar refractivity (Wildman–Crippen MR) is 101 cm³/mol. The number of carboxylic acids is 1. The summed E-state index contributed by atoms with van der Waals surface area (Å²) in [6.45, 7) is 0.805. The summed E-state index contributed by atoms with van der Waals surface area (Å²) in [5.74, 6) is -1.15. The molecule has 7 nitrogen and oxygen atoms in total. The van der Waals surface area contributed by atoms with Gasteiger partial charge in [0.15, 0.2) is 0 Å². The number of hydrogen-bond acceptors (Lipinski definition) is 3. The van der Waals surface area contributed by atoms with Crippen molar-refractivity contribution in [1.29, 1.82) is 0 Å². The van der Waals surface area contributed by atoms with Gasteiger partial charge >= 0.3 is 12.0 Å². The SMILES string of the molecule is O=C(NCC(=O)N1CCCc2ccccc21)NCc1ccc(C(=O)O)cc1. The maximum atomic E-state index is 12.5. The summed E-state index contributed by atoms with van der Waals surface area (Å²) in [6, 6.07) is 13.6. The van der Waals surface area contributed by atoms with Crippen molar-refractivity contribution in [2.24, 2.45) is 0 Å². The first-order valence-corrected chi connectivity index (χ1v) is 8.77. The van der Waals surface area contributed by atoms with Crippen molar-refractivity contribution in [1.82, 2.24) is 10.6 Å². The van der Waals surface area contributed by atoms with E-state index in [0.717, 1.165) is 29.7 Å². The zero-order chi connectivity index (χ0) is 19.2. The Balaban J connectivity index is 1.48. The third-order valence-electron chi connectivity index (χ3n) is 4.47. The number of amides is 3. The van der Waals surface area contributed by atoms with Crippen LogP contribution < -0.4 is 15.5 Å². The largest absolute Gasteiger partial charge is 0.478 e. The number of aryl methyl sites for hydroxylation is 1. The van der Waals surface area contributed by atoms with E-state index in [-0.39, 0.29) is 24.6 Å². The van der Waals surface area contributed by atoms with E-state index in [2.05, 4.69) is 10.6 Å². The zero-order valence-corrected chi connectivity index (χ0v) is 14.8. The van der Waals surface area contributed by atoms with Crippen LogP contribution in [-0.4, -0.2) is 36.1 Å². The van der Waals surface area contributed by atoms with Gasteiger partial charge in [-0.3, -0.25) is 4.79 Å². The lowest BCUT2D eigenvalue weighted by Gasteiger charge is -2.29. The molecule has 0 aliphatic carbocycles. The lowest BCUT2D eigenvalue weighted by molar-refractivity contribution is -0.117. The number of benzene rings is 2. The zero-order valence-electron chi connectivity index (χ0n) is 14.8. The van der Waals surface area contributed by atoms with Crippen molar-refractivity contribution < 1.29 is 19.5 Å². The molecular weight excluding hydrogens is 346 g/mol. The number of anilines is 1. The highest BCUT2D eigenvalue weighted by Gasteiger charge is 2.22. The van der Waals surface area contributed by atoms with Crippen molar-refractivity contribution in [2.75, 3.05) is 18.0 Å². The van der Waals surface area contributed by atoms with Crippen LogP contribution >= 0.6 is 0 Å². The fourth-order valence-corrected chi connectivity index (χ4v) is 3.05. The first-order valence-electron chi connectivity index (χ1n) is 8.77. The second kappa shape index (κ2) is 8.35. The molecule has 140 valence electrons. The average molecular weight is 367 g/mol. The van der Waals surface area contributed by atoms with Gasteiger partial charge in [-0.05, 0) is 42.2 Å². The van der Waals surface area contributed by atoms with Gasteiger partial charge in [-0.25, -0.2) is 9.59 Å². The molecule has 3 rings (SSSR count). The first-order chi connectivity index (χ1) is 13.0. The Morgan fingerprint density at radius 1 is 1.00 bits per heavy atom. The highest BCUT2D eigenvalue weighted by molar-refractivity contribution is 5.97. The summed E-state index contributed by atoms with van der Waals surface area (Å²) in [5.41, 5.74) is 3.02. The molecule has 0 spiro atoms. The molecule has 3 amide bonds. The van der Waals surface area contributed by atoms with Gasteiger partial charge in [-0.15, -0.1) is 0 Å². The Hall–Kier alpha value is -3.35. The number of nitrogens with one attached hydrogen (secondary N) is 2. The van der Waals surface area contributed by atoms with Gasteiger partial charge < -0.3 is 20.6 Å². The van der Waals surface area contributed by atoms with Gasteiger partial charge in [-0.1, -0.05) is 30.3 Å². The number of urea groups is 1. The summed E-state index contributed by atoms with van der Waals surface area (Å²) in [6.07, 6.45) is 1.86. The van der Waals surface area contributed by atoms with Crippen LogP contribution in [-0.2, 0) is 17.8 Å². The number of fused-ring (bicyclic) bond motifs is 1. The molecule has 0 saturated carbocycles. The summed E-state index contributed by atoms with van der Waals surface area (Å²) < 4.78 is 0. The van der Waals surface area contributed by atoms with Crippen molar-refractivity contribution in [3.63, 3.8) is 0 Å². The number of carbonyl (C=O) groups is 3. The van der Waals surface area contributed by atoms with E-state index in [9.17, 15) is 14.4 Å². The van der Waals surface area contributed by atoms with E-state index in [4.69, 9.17) is 5.11 Å². The molecule has 27 heavy (non-hydrogen) atoms. The molecule has 1 aliphatic heterocycles. The van der Waals surface area contributed by atoms with Gasteiger partial charge in [0.1, 0.15) is 0 Å². The fourth-order valence-electron chi connectivity index (χ4n) is 3.05. The van der Waals surface area contributed by atoms with Crippen molar-refractivity contribution in [3.8, 4) is 0 Å². The van der Waals surface area contributed by atoms with Gasteiger partial charge in [0.25, 0.3) is 0 Å². The summed E-state index contributed by atoms with van der Waals surface area (Å²) >= 11 is 0. The van der Waals surface area contributed by atoms with Crippen LogP contribution in [0.4, 0.5) is 10.5 Å². The number of carbonyl (C=O) groups excluding carboxylic acids is 2.